The second-order valence-electron chi connectivity index (χ2n) is 7.01. The van der Waals surface area contributed by atoms with E-state index in [2.05, 4.69) is 49.0 Å². The molecular weight excluding hydrogens is 361 g/mol. The standard InChI is InChI=1S/C16H29N3.HI/c1-15(2)12-19(16(15,3)4)14(17-5)18-11-10-13-8-6-7-9-13;/h8H,6-7,9-12H2,1-5H3,(H,17,18);1H. The fourth-order valence-corrected chi connectivity index (χ4v) is 2.99. The van der Waals surface area contributed by atoms with E-state index in [0.717, 1.165) is 25.5 Å². The monoisotopic (exact) mass is 391 g/mol. The molecule has 1 heterocycles. The SMILES string of the molecule is CN=C(NCCC1=CCCC1)N1CC(C)(C)C1(C)C.I. The van der Waals surface area contributed by atoms with Gasteiger partial charge in [-0.25, -0.2) is 0 Å². The molecule has 0 bridgehead atoms. The van der Waals surface area contributed by atoms with E-state index >= 15 is 0 Å². The molecule has 1 fully saturated rings. The van der Waals surface area contributed by atoms with E-state index in [4.69, 9.17) is 0 Å². The van der Waals surface area contributed by atoms with Crippen molar-refractivity contribution in [2.45, 2.75) is 58.9 Å². The highest BCUT2D eigenvalue weighted by Gasteiger charge is 2.53. The molecule has 0 saturated carbocycles. The van der Waals surface area contributed by atoms with Crippen LogP contribution in [0.1, 0.15) is 53.4 Å². The summed E-state index contributed by atoms with van der Waals surface area (Å²) in [5.41, 5.74) is 2.16. The van der Waals surface area contributed by atoms with Gasteiger partial charge in [0.2, 0.25) is 0 Å². The van der Waals surface area contributed by atoms with Crippen LogP contribution in [0, 0.1) is 5.41 Å². The average molecular weight is 391 g/mol. The molecule has 3 nitrogen and oxygen atoms in total. The third-order valence-corrected chi connectivity index (χ3v) is 5.22. The fourth-order valence-electron chi connectivity index (χ4n) is 2.99. The number of nitrogens with zero attached hydrogens (tertiary/aromatic N) is 2. The molecule has 1 aliphatic carbocycles. The second-order valence-corrected chi connectivity index (χ2v) is 7.01. The topological polar surface area (TPSA) is 27.6 Å². The fraction of sp³-hybridized carbons (Fsp3) is 0.812. The van der Waals surface area contributed by atoms with Crippen molar-refractivity contribution >= 4 is 29.9 Å². The molecular formula is C16H30IN3. The van der Waals surface area contributed by atoms with E-state index in [1.807, 2.05) is 7.05 Å². The Hall–Kier alpha value is -0.260. The molecule has 0 aromatic heterocycles. The van der Waals surface area contributed by atoms with Gasteiger partial charge in [-0.2, -0.15) is 0 Å². The van der Waals surface area contributed by atoms with Crippen LogP contribution in [0.3, 0.4) is 0 Å². The number of allylic oxidation sites excluding steroid dienone is 1. The Kier molecular flexibility index (Phi) is 5.93. The maximum atomic E-state index is 4.45. The zero-order chi connectivity index (χ0) is 14.1. The van der Waals surface area contributed by atoms with Crippen LogP contribution in [0.4, 0.5) is 0 Å². The van der Waals surface area contributed by atoms with Crippen LogP contribution in [0.25, 0.3) is 0 Å². The van der Waals surface area contributed by atoms with Crippen LogP contribution in [0.2, 0.25) is 0 Å². The first-order chi connectivity index (χ1) is 8.88. The highest BCUT2D eigenvalue weighted by Crippen LogP contribution is 2.46. The van der Waals surface area contributed by atoms with Crippen LogP contribution in [0.15, 0.2) is 16.6 Å². The normalized spacial score (nSPS) is 23.8. The molecule has 0 aromatic carbocycles. The van der Waals surface area contributed by atoms with Crippen LogP contribution in [-0.2, 0) is 0 Å². The smallest absolute Gasteiger partial charge is 0.194 e. The molecule has 0 amide bonds. The van der Waals surface area contributed by atoms with Crippen molar-refractivity contribution in [3.63, 3.8) is 0 Å². The first kappa shape index (κ1) is 17.8. The van der Waals surface area contributed by atoms with Crippen LogP contribution in [-0.4, -0.2) is 36.5 Å². The van der Waals surface area contributed by atoms with Crippen molar-refractivity contribution in [2.24, 2.45) is 10.4 Å². The number of hydrogen-bond donors (Lipinski definition) is 1. The largest absolute Gasteiger partial charge is 0.356 e. The zero-order valence-electron chi connectivity index (χ0n) is 13.6. The lowest BCUT2D eigenvalue weighted by Gasteiger charge is -2.62. The molecule has 0 spiro atoms. The van der Waals surface area contributed by atoms with Crippen LogP contribution >= 0.6 is 24.0 Å². The molecule has 0 radical (unpaired) electrons. The molecule has 0 unspecified atom stereocenters. The minimum atomic E-state index is 0. The van der Waals surface area contributed by atoms with E-state index < -0.39 is 0 Å². The van der Waals surface area contributed by atoms with E-state index in [1.165, 1.54) is 19.3 Å². The maximum Gasteiger partial charge on any atom is 0.194 e. The number of guanidine groups is 1. The number of halogens is 1. The van der Waals surface area contributed by atoms with Crippen molar-refractivity contribution < 1.29 is 0 Å². The Morgan fingerprint density at radius 3 is 2.50 bits per heavy atom. The average Bonchev–Trinajstić information content (AvgIpc) is 2.85. The van der Waals surface area contributed by atoms with Gasteiger partial charge in [0.1, 0.15) is 0 Å². The second kappa shape index (κ2) is 6.67. The van der Waals surface area contributed by atoms with Crippen LogP contribution < -0.4 is 5.32 Å². The van der Waals surface area contributed by atoms with Gasteiger partial charge in [-0.15, -0.1) is 24.0 Å². The summed E-state index contributed by atoms with van der Waals surface area (Å²) in [4.78, 5) is 6.85. The van der Waals surface area contributed by atoms with E-state index in [9.17, 15) is 0 Å². The van der Waals surface area contributed by atoms with E-state index in [0.29, 0.717) is 5.41 Å². The number of nitrogens with one attached hydrogen (secondary N) is 1. The molecule has 0 atom stereocenters. The zero-order valence-corrected chi connectivity index (χ0v) is 16.0. The van der Waals surface area contributed by atoms with Crippen molar-refractivity contribution in [1.82, 2.24) is 10.2 Å². The molecule has 1 N–H and O–H groups in total. The summed E-state index contributed by atoms with van der Waals surface area (Å²) in [6.07, 6.45) is 7.48. The van der Waals surface area contributed by atoms with Gasteiger partial charge in [0.15, 0.2) is 5.96 Å². The van der Waals surface area contributed by atoms with Gasteiger partial charge in [0, 0.05) is 31.1 Å². The van der Waals surface area contributed by atoms with Gasteiger partial charge < -0.3 is 10.2 Å². The predicted octanol–water partition coefficient (Wildman–Crippen LogP) is 3.80. The highest BCUT2D eigenvalue weighted by atomic mass is 127. The van der Waals surface area contributed by atoms with Gasteiger partial charge in [0.05, 0.1) is 0 Å². The minimum absolute atomic E-state index is 0. The summed E-state index contributed by atoms with van der Waals surface area (Å²) in [7, 11) is 1.89. The van der Waals surface area contributed by atoms with Crippen LogP contribution in [0.5, 0.6) is 0 Å². The lowest BCUT2D eigenvalue weighted by Crippen LogP contribution is -2.72. The Balaban J connectivity index is 0.00000200. The van der Waals surface area contributed by atoms with Gasteiger partial charge in [-0.1, -0.05) is 25.5 Å². The van der Waals surface area contributed by atoms with Gasteiger partial charge in [-0.3, -0.25) is 4.99 Å². The van der Waals surface area contributed by atoms with Crippen molar-refractivity contribution in [1.29, 1.82) is 0 Å². The summed E-state index contributed by atoms with van der Waals surface area (Å²) in [6, 6.07) is 0. The quantitative estimate of drug-likeness (QED) is 0.343. The Morgan fingerprint density at radius 2 is 2.05 bits per heavy atom. The molecule has 2 aliphatic rings. The first-order valence-electron chi connectivity index (χ1n) is 7.55. The molecule has 1 saturated heterocycles. The van der Waals surface area contributed by atoms with Gasteiger partial charge in [-0.05, 0) is 39.5 Å². The molecule has 116 valence electrons. The number of hydrogen-bond acceptors (Lipinski definition) is 1. The maximum absolute atomic E-state index is 4.45. The van der Waals surface area contributed by atoms with E-state index in [1.54, 1.807) is 5.57 Å². The molecule has 4 heteroatoms. The number of likely N-dealkylation sites (tertiary alicyclic amines) is 1. The highest BCUT2D eigenvalue weighted by molar-refractivity contribution is 14.0. The third-order valence-electron chi connectivity index (χ3n) is 5.22. The number of aliphatic imine (C=N–C) groups is 1. The van der Waals surface area contributed by atoms with E-state index in [-0.39, 0.29) is 29.5 Å². The van der Waals surface area contributed by atoms with Gasteiger partial charge in [0.25, 0.3) is 0 Å². The molecule has 20 heavy (non-hydrogen) atoms. The summed E-state index contributed by atoms with van der Waals surface area (Å²) in [5, 5.41) is 3.53. The van der Waals surface area contributed by atoms with Crippen molar-refractivity contribution in [2.75, 3.05) is 20.1 Å². The lowest BCUT2D eigenvalue weighted by molar-refractivity contribution is -0.0666. The molecule has 1 aliphatic heterocycles. The van der Waals surface area contributed by atoms with Gasteiger partial charge >= 0.3 is 0 Å². The predicted molar refractivity (Wildman–Crippen MR) is 97.9 cm³/mol. The summed E-state index contributed by atoms with van der Waals surface area (Å²) in [6.45, 7) is 11.4. The summed E-state index contributed by atoms with van der Waals surface area (Å²) < 4.78 is 0. The Bertz CT molecular complexity index is 397. The third kappa shape index (κ3) is 3.31. The first-order valence-corrected chi connectivity index (χ1v) is 7.55. The lowest BCUT2D eigenvalue weighted by atomic mass is 9.65. The molecule has 0 aromatic rings. The van der Waals surface area contributed by atoms with Crippen molar-refractivity contribution in [3.05, 3.63) is 11.6 Å². The minimum Gasteiger partial charge on any atom is -0.356 e. The Morgan fingerprint density at radius 1 is 1.35 bits per heavy atom. The summed E-state index contributed by atoms with van der Waals surface area (Å²) in [5.74, 6) is 1.06. The Labute approximate surface area is 141 Å². The molecule has 2 rings (SSSR count). The number of rotatable bonds is 3. The summed E-state index contributed by atoms with van der Waals surface area (Å²) >= 11 is 0. The van der Waals surface area contributed by atoms with Crippen molar-refractivity contribution in [3.8, 4) is 0 Å².